The highest BCUT2D eigenvalue weighted by Crippen LogP contribution is 2.10. The van der Waals surface area contributed by atoms with Crippen molar-refractivity contribution < 1.29 is 22.8 Å². The molecule has 7 N–H and O–H groups in total. The standard InChI is InChI=1S/C18H27F3N6O2/c1-24-18(23)26-7-2-3-15(17(29)25-8-6-19)27-16(28)14(22)10-11-4-5-12(20)13(21)9-11/h4-5,9,14-15H,2-3,6-8,10,22H2,1H3,(H,25,29)(H,27,28)(H3,23,24,26)/t14-,15-/m0/s1. The first-order valence-corrected chi connectivity index (χ1v) is 9.08. The third-order valence-electron chi connectivity index (χ3n) is 4.02. The molecule has 0 bridgehead atoms. The van der Waals surface area contributed by atoms with Crippen LogP contribution in [-0.4, -0.2) is 56.7 Å². The van der Waals surface area contributed by atoms with Crippen LogP contribution in [0, 0.1) is 11.6 Å². The summed E-state index contributed by atoms with van der Waals surface area (Å²) in [7, 11) is 1.52. The molecule has 2 atom stereocenters. The molecule has 1 aromatic rings. The molecule has 0 unspecified atom stereocenters. The Balaban J connectivity index is 2.67. The average Bonchev–Trinajstić information content (AvgIpc) is 2.70. The van der Waals surface area contributed by atoms with Crippen LogP contribution in [-0.2, 0) is 16.0 Å². The number of rotatable bonds is 11. The summed E-state index contributed by atoms with van der Waals surface area (Å²) in [5.74, 6) is -2.99. The number of aliphatic imine (C=N–C) groups is 1. The number of benzene rings is 1. The molecule has 29 heavy (non-hydrogen) atoms. The lowest BCUT2D eigenvalue weighted by Crippen LogP contribution is -2.52. The highest BCUT2D eigenvalue weighted by molar-refractivity contribution is 5.89. The second-order valence-electron chi connectivity index (χ2n) is 6.28. The number of hydrogen-bond donors (Lipinski definition) is 5. The predicted octanol–water partition coefficient (Wildman–Crippen LogP) is -0.281. The van der Waals surface area contributed by atoms with E-state index in [9.17, 15) is 22.8 Å². The topological polar surface area (TPSA) is 135 Å². The van der Waals surface area contributed by atoms with E-state index in [4.69, 9.17) is 11.5 Å². The Kier molecular flexibility index (Phi) is 10.5. The maximum atomic E-state index is 13.3. The Labute approximate surface area is 167 Å². The van der Waals surface area contributed by atoms with E-state index in [1.54, 1.807) is 0 Å². The number of guanidine groups is 1. The lowest BCUT2D eigenvalue weighted by Gasteiger charge is -2.21. The van der Waals surface area contributed by atoms with Gasteiger partial charge in [0.1, 0.15) is 12.7 Å². The average molecular weight is 416 g/mol. The van der Waals surface area contributed by atoms with Gasteiger partial charge in [0.2, 0.25) is 11.8 Å². The minimum absolute atomic E-state index is 0.0487. The zero-order valence-electron chi connectivity index (χ0n) is 16.2. The number of halogens is 3. The number of nitrogens with zero attached hydrogens (tertiary/aromatic N) is 1. The fourth-order valence-electron chi connectivity index (χ4n) is 2.46. The number of carbonyl (C=O) groups excluding carboxylic acids is 2. The summed E-state index contributed by atoms with van der Waals surface area (Å²) in [4.78, 5) is 28.3. The van der Waals surface area contributed by atoms with Crippen LogP contribution < -0.4 is 27.4 Å². The fourth-order valence-corrected chi connectivity index (χ4v) is 2.46. The van der Waals surface area contributed by atoms with Gasteiger partial charge in [-0.25, -0.2) is 13.2 Å². The molecule has 0 saturated carbocycles. The van der Waals surface area contributed by atoms with Crippen molar-refractivity contribution in [2.24, 2.45) is 16.5 Å². The molecule has 162 valence electrons. The van der Waals surface area contributed by atoms with Gasteiger partial charge >= 0.3 is 0 Å². The molecule has 0 aliphatic carbocycles. The van der Waals surface area contributed by atoms with Crippen LogP contribution in [0.4, 0.5) is 13.2 Å². The number of amides is 2. The number of carbonyl (C=O) groups is 2. The first-order valence-electron chi connectivity index (χ1n) is 9.08. The Morgan fingerprint density at radius 1 is 1.14 bits per heavy atom. The summed E-state index contributed by atoms with van der Waals surface area (Å²) in [6.07, 6.45) is 0.654. The van der Waals surface area contributed by atoms with E-state index in [1.165, 1.54) is 13.1 Å². The lowest BCUT2D eigenvalue weighted by atomic mass is 10.0. The summed E-state index contributed by atoms with van der Waals surface area (Å²) in [5, 5.41) is 7.71. The Bertz CT molecular complexity index is 717. The molecular formula is C18H27F3N6O2. The first kappa shape index (κ1) is 24.2. The van der Waals surface area contributed by atoms with Crippen LogP contribution in [0.2, 0.25) is 0 Å². The molecule has 0 heterocycles. The van der Waals surface area contributed by atoms with Gasteiger partial charge in [0, 0.05) is 20.1 Å². The number of alkyl halides is 1. The second-order valence-corrected chi connectivity index (χ2v) is 6.28. The van der Waals surface area contributed by atoms with Gasteiger partial charge < -0.3 is 27.4 Å². The molecule has 11 heteroatoms. The fraction of sp³-hybridized carbons (Fsp3) is 0.500. The molecule has 1 aromatic carbocycles. The van der Waals surface area contributed by atoms with Gasteiger partial charge in [0.05, 0.1) is 6.04 Å². The van der Waals surface area contributed by atoms with Crippen molar-refractivity contribution in [3.63, 3.8) is 0 Å². The third kappa shape index (κ3) is 8.81. The van der Waals surface area contributed by atoms with E-state index in [-0.39, 0.29) is 25.3 Å². The van der Waals surface area contributed by atoms with Crippen molar-refractivity contribution in [1.29, 1.82) is 0 Å². The Morgan fingerprint density at radius 2 is 1.86 bits per heavy atom. The van der Waals surface area contributed by atoms with Gasteiger partial charge in [-0.05, 0) is 37.0 Å². The van der Waals surface area contributed by atoms with Gasteiger partial charge in [-0.1, -0.05) is 6.07 Å². The lowest BCUT2D eigenvalue weighted by molar-refractivity contribution is -0.129. The summed E-state index contributed by atoms with van der Waals surface area (Å²) in [6, 6.07) is 1.20. The number of hydrogen-bond acceptors (Lipinski definition) is 4. The highest BCUT2D eigenvalue weighted by atomic mass is 19.2. The maximum absolute atomic E-state index is 13.3. The molecule has 0 fully saturated rings. The van der Waals surface area contributed by atoms with Crippen molar-refractivity contribution in [2.45, 2.75) is 31.3 Å². The quantitative estimate of drug-likeness (QED) is 0.192. The van der Waals surface area contributed by atoms with Crippen LogP contribution >= 0.6 is 0 Å². The zero-order valence-corrected chi connectivity index (χ0v) is 16.2. The van der Waals surface area contributed by atoms with Crippen LogP contribution in [0.25, 0.3) is 0 Å². The van der Waals surface area contributed by atoms with Gasteiger partial charge in [-0.15, -0.1) is 0 Å². The van der Waals surface area contributed by atoms with E-state index in [0.29, 0.717) is 18.5 Å². The summed E-state index contributed by atoms with van der Waals surface area (Å²) >= 11 is 0. The minimum atomic E-state index is -1.09. The summed E-state index contributed by atoms with van der Waals surface area (Å²) in [6.45, 7) is -0.514. The van der Waals surface area contributed by atoms with E-state index in [1.807, 2.05) is 0 Å². The van der Waals surface area contributed by atoms with E-state index in [0.717, 1.165) is 12.1 Å². The highest BCUT2D eigenvalue weighted by Gasteiger charge is 2.23. The van der Waals surface area contributed by atoms with Gasteiger partial charge in [0.25, 0.3) is 0 Å². The molecule has 0 spiro atoms. The van der Waals surface area contributed by atoms with Crippen LogP contribution in [0.5, 0.6) is 0 Å². The van der Waals surface area contributed by atoms with Crippen molar-refractivity contribution in [1.82, 2.24) is 16.0 Å². The molecular weight excluding hydrogens is 389 g/mol. The molecule has 2 amide bonds. The van der Waals surface area contributed by atoms with E-state index < -0.39 is 42.2 Å². The maximum Gasteiger partial charge on any atom is 0.242 e. The molecule has 0 aromatic heterocycles. The summed E-state index contributed by atoms with van der Waals surface area (Å²) in [5.41, 5.74) is 11.7. The monoisotopic (exact) mass is 416 g/mol. The molecule has 0 saturated heterocycles. The SMILES string of the molecule is CN=C(N)NCCC[C@H](NC(=O)[C@@H](N)Cc1ccc(F)c(F)c1)C(=O)NCCF. The van der Waals surface area contributed by atoms with Crippen molar-refractivity contribution in [3.05, 3.63) is 35.4 Å². The predicted molar refractivity (Wildman–Crippen MR) is 104 cm³/mol. The first-order chi connectivity index (χ1) is 13.8. The molecule has 1 rings (SSSR count). The van der Waals surface area contributed by atoms with Crippen LogP contribution in [0.1, 0.15) is 18.4 Å². The van der Waals surface area contributed by atoms with Crippen molar-refractivity contribution >= 4 is 17.8 Å². The number of nitrogens with one attached hydrogen (secondary N) is 3. The molecule has 8 nitrogen and oxygen atoms in total. The van der Waals surface area contributed by atoms with Gasteiger partial charge in [-0.2, -0.15) is 0 Å². The minimum Gasteiger partial charge on any atom is -0.370 e. The van der Waals surface area contributed by atoms with E-state index in [2.05, 4.69) is 20.9 Å². The number of nitrogens with two attached hydrogens (primary N) is 2. The van der Waals surface area contributed by atoms with Crippen molar-refractivity contribution in [2.75, 3.05) is 26.8 Å². The largest absolute Gasteiger partial charge is 0.370 e. The third-order valence-corrected chi connectivity index (χ3v) is 4.02. The normalized spacial score (nSPS) is 13.5. The van der Waals surface area contributed by atoms with Crippen molar-refractivity contribution in [3.8, 4) is 0 Å². The summed E-state index contributed by atoms with van der Waals surface area (Å²) < 4.78 is 38.6. The molecule has 0 radical (unpaired) electrons. The smallest absolute Gasteiger partial charge is 0.242 e. The second kappa shape index (κ2) is 12.6. The zero-order chi connectivity index (χ0) is 21.8. The van der Waals surface area contributed by atoms with Crippen LogP contribution in [0.3, 0.4) is 0 Å². The van der Waals surface area contributed by atoms with Gasteiger partial charge in [-0.3, -0.25) is 14.6 Å². The Hall–Kier alpha value is -2.82. The molecule has 0 aliphatic rings. The van der Waals surface area contributed by atoms with Gasteiger partial charge in [0.15, 0.2) is 17.6 Å². The van der Waals surface area contributed by atoms with Crippen LogP contribution in [0.15, 0.2) is 23.2 Å². The van der Waals surface area contributed by atoms with E-state index >= 15 is 0 Å². The molecule has 0 aliphatic heterocycles. The Morgan fingerprint density at radius 3 is 2.48 bits per heavy atom.